The van der Waals surface area contributed by atoms with Crippen molar-refractivity contribution >= 4 is 29.2 Å². The molecule has 0 aliphatic carbocycles. The number of halogens is 3. The molecule has 5 nitrogen and oxygen atoms in total. The number of rotatable bonds is 6. The van der Waals surface area contributed by atoms with Crippen molar-refractivity contribution in [3.05, 3.63) is 59.1 Å². The number of amides is 1. The second kappa shape index (κ2) is 8.43. The van der Waals surface area contributed by atoms with Gasteiger partial charge in [0.15, 0.2) is 6.10 Å². The first kappa shape index (κ1) is 18.7. The molecule has 0 aliphatic rings. The van der Waals surface area contributed by atoms with E-state index in [0.29, 0.717) is 10.7 Å². The molecule has 25 heavy (non-hydrogen) atoms. The van der Waals surface area contributed by atoms with Crippen LogP contribution in [0.25, 0.3) is 0 Å². The molecule has 0 spiro atoms. The second-order valence-electron chi connectivity index (χ2n) is 4.95. The topological polar surface area (TPSA) is 64.6 Å². The minimum Gasteiger partial charge on any atom is -0.449 e. The maximum absolute atomic E-state index is 12.1. The number of benzene rings is 2. The van der Waals surface area contributed by atoms with E-state index >= 15 is 0 Å². The molecule has 0 saturated carbocycles. The molecule has 2 aromatic rings. The van der Waals surface area contributed by atoms with Crippen LogP contribution in [-0.4, -0.2) is 24.6 Å². The molecule has 1 atom stereocenters. The average Bonchev–Trinajstić information content (AvgIpc) is 2.54. The summed E-state index contributed by atoms with van der Waals surface area (Å²) in [6, 6.07) is 11.5. The van der Waals surface area contributed by atoms with Gasteiger partial charge in [-0.05, 0) is 49.4 Å². The molecule has 0 radical (unpaired) electrons. The van der Waals surface area contributed by atoms with Crippen LogP contribution in [0.4, 0.5) is 14.5 Å². The quantitative estimate of drug-likeness (QED) is 0.778. The highest BCUT2D eigenvalue weighted by Gasteiger charge is 2.19. The predicted octanol–water partition coefficient (Wildman–Crippen LogP) is 4.13. The molecule has 0 unspecified atom stereocenters. The van der Waals surface area contributed by atoms with E-state index in [1.54, 1.807) is 24.3 Å². The van der Waals surface area contributed by atoms with E-state index < -0.39 is 24.6 Å². The fraction of sp³-hybridized carbons (Fsp3) is 0.176. The third-order valence-electron chi connectivity index (χ3n) is 3.06. The van der Waals surface area contributed by atoms with Gasteiger partial charge in [0.2, 0.25) is 0 Å². The van der Waals surface area contributed by atoms with Crippen LogP contribution in [0.3, 0.4) is 0 Å². The Bertz CT molecular complexity index is 753. The van der Waals surface area contributed by atoms with Crippen LogP contribution in [0.2, 0.25) is 5.02 Å². The summed E-state index contributed by atoms with van der Waals surface area (Å²) in [4.78, 5) is 24.0. The van der Waals surface area contributed by atoms with E-state index in [1.807, 2.05) is 0 Å². The van der Waals surface area contributed by atoms with Crippen molar-refractivity contribution in [3.63, 3.8) is 0 Å². The number of esters is 1. The van der Waals surface area contributed by atoms with Gasteiger partial charge in [0.05, 0.1) is 5.56 Å². The molecule has 0 saturated heterocycles. The van der Waals surface area contributed by atoms with Gasteiger partial charge < -0.3 is 14.8 Å². The lowest BCUT2D eigenvalue weighted by atomic mass is 10.2. The zero-order chi connectivity index (χ0) is 18.4. The number of ether oxygens (including phenoxy) is 2. The number of hydrogen-bond donors (Lipinski definition) is 1. The Balaban J connectivity index is 1.93. The lowest BCUT2D eigenvalue weighted by Gasteiger charge is -2.14. The number of carbonyl (C=O) groups excluding carboxylic acids is 2. The lowest BCUT2D eigenvalue weighted by molar-refractivity contribution is -0.123. The third-order valence-corrected chi connectivity index (χ3v) is 3.30. The Hall–Kier alpha value is -2.67. The van der Waals surface area contributed by atoms with Crippen molar-refractivity contribution in [2.24, 2.45) is 0 Å². The Morgan fingerprint density at radius 3 is 2.40 bits per heavy atom. The van der Waals surface area contributed by atoms with Gasteiger partial charge in [0.25, 0.3) is 5.91 Å². The Kier molecular flexibility index (Phi) is 6.30. The minimum atomic E-state index is -2.95. The molecule has 0 heterocycles. The summed E-state index contributed by atoms with van der Waals surface area (Å²) in [7, 11) is 0. The molecule has 0 aliphatic heterocycles. The molecule has 132 valence electrons. The maximum atomic E-state index is 12.1. The van der Waals surface area contributed by atoms with Crippen LogP contribution in [-0.2, 0) is 9.53 Å². The molecule has 2 aromatic carbocycles. The van der Waals surface area contributed by atoms with Crippen molar-refractivity contribution in [1.29, 1.82) is 0 Å². The number of carbonyl (C=O) groups is 2. The third kappa shape index (κ3) is 5.72. The Morgan fingerprint density at radius 1 is 1.12 bits per heavy atom. The highest BCUT2D eigenvalue weighted by molar-refractivity contribution is 6.30. The molecular weight excluding hydrogens is 356 g/mol. The van der Waals surface area contributed by atoms with Gasteiger partial charge in [-0.3, -0.25) is 4.79 Å². The fourth-order valence-electron chi connectivity index (χ4n) is 1.86. The first-order valence-corrected chi connectivity index (χ1v) is 7.55. The summed E-state index contributed by atoms with van der Waals surface area (Å²) >= 11 is 5.82. The smallest absolute Gasteiger partial charge is 0.387 e. The fourth-order valence-corrected chi connectivity index (χ4v) is 2.05. The first-order chi connectivity index (χ1) is 11.8. The van der Waals surface area contributed by atoms with E-state index in [2.05, 4.69) is 10.1 Å². The summed E-state index contributed by atoms with van der Waals surface area (Å²) in [5.74, 6) is -1.39. The zero-order valence-electron chi connectivity index (χ0n) is 13.0. The van der Waals surface area contributed by atoms with Crippen LogP contribution in [0.1, 0.15) is 17.3 Å². The molecule has 0 fully saturated rings. The first-order valence-electron chi connectivity index (χ1n) is 7.17. The highest BCUT2D eigenvalue weighted by Crippen LogP contribution is 2.17. The predicted molar refractivity (Wildman–Crippen MR) is 88.0 cm³/mol. The van der Waals surface area contributed by atoms with Crippen LogP contribution < -0.4 is 10.1 Å². The van der Waals surface area contributed by atoms with Gasteiger partial charge in [-0.2, -0.15) is 8.78 Å². The van der Waals surface area contributed by atoms with E-state index in [-0.39, 0.29) is 11.3 Å². The van der Waals surface area contributed by atoms with E-state index in [4.69, 9.17) is 16.3 Å². The van der Waals surface area contributed by atoms with Crippen LogP contribution in [0.5, 0.6) is 5.75 Å². The Labute approximate surface area is 147 Å². The van der Waals surface area contributed by atoms with E-state index in [9.17, 15) is 18.4 Å². The standard InChI is InChI=1S/C17H14ClF2NO4/c1-10(15(22)21-13-4-2-3-12(18)9-13)24-16(23)11-5-7-14(8-6-11)25-17(19)20/h2-10,17H,1H3,(H,21,22)/t10-/m1/s1. The SMILES string of the molecule is C[C@@H](OC(=O)c1ccc(OC(F)F)cc1)C(=O)Nc1cccc(Cl)c1. The van der Waals surface area contributed by atoms with Gasteiger partial charge in [-0.1, -0.05) is 17.7 Å². The number of alkyl halides is 2. The molecule has 1 amide bonds. The van der Waals surface area contributed by atoms with Crippen molar-refractivity contribution in [1.82, 2.24) is 0 Å². The second-order valence-corrected chi connectivity index (χ2v) is 5.39. The summed E-state index contributed by atoms with van der Waals surface area (Å²) in [6.45, 7) is -1.54. The average molecular weight is 370 g/mol. The zero-order valence-corrected chi connectivity index (χ0v) is 13.8. The molecule has 0 bridgehead atoms. The number of nitrogens with one attached hydrogen (secondary N) is 1. The van der Waals surface area contributed by atoms with Gasteiger partial charge >= 0.3 is 12.6 Å². The van der Waals surface area contributed by atoms with Crippen LogP contribution >= 0.6 is 11.6 Å². The molecular formula is C17H14ClF2NO4. The lowest BCUT2D eigenvalue weighted by Crippen LogP contribution is -2.30. The molecule has 1 N–H and O–H groups in total. The summed E-state index contributed by atoms with van der Waals surface area (Å²) in [5.41, 5.74) is 0.568. The van der Waals surface area contributed by atoms with Crippen LogP contribution in [0, 0.1) is 0 Å². The Morgan fingerprint density at radius 2 is 1.80 bits per heavy atom. The van der Waals surface area contributed by atoms with Gasteiger partial charge in [-0.25, -0.2) is 4.79 Å². The summed E-state index contributed by atoms with van der Waals surface area (Å²) in [6.07, 6.45) is -1.07. The van der Waals surface area contributed by atoms with Crippen LogP contribution in [0.15, 0.2) is 48.5 Å². The number of hydrogen-bond acceptors (Lipinski definition) is 4. The largest absolute Gasteiger partial charge is 0.449 e. The van der Waals surface area contributed by atoms with Gasteiger partial charge in [0, 0.05) is 10.7 Å². The molecule has 8 heteroatoms. The molecule has 2 rings (SSSR count). The monoisotopic (exact) mass is 369 g/mol. The van der Waals surface area contributed by atoms with Crippen molar-refractivity contribution in [2.75, 3.05) is 5.32 Å². The number of anilines is 1. The van der Waals surface area contributed by atoms with Crippen molar-refractivity contribution in [3.8, 4) is 5.75 Å². The van der Waals surface area contributed by atoms with E-state index in [1.165, 1.54) is 31.2 Å². The van der Waals surface area contributed by atoms with Gasteiger partial charge in [0.1, 0.15) is 5.75 Å². The highest BCUT2D eigenvalue weighted by atomic mass is 35.5. The van der Waals surface area contributed by atoms with Gasteiger partial charge in [-0.15, -0.1) is 0 Å². The molecule has 0 aromatic heterocycles. The van der Waals surface area contributed by atoms with E-state index in [0.717, 1.165) is 0 Å². The maximum Gasteiger partial charge on any atom is 0.387 e. The van der Waals surface area contributed by atoms with Crippen molar-refractivity contribution in [2.45, 2.75) is 19.6 Å². The minimum absolute atomic E-state index is 0.0849. The van der Waals surface area contributed by atoms with Crippen molar-refractivity contribution < 1.29 is 27.8 Å². The normalized spacial score (nSPS) is 11.7. The summed E-state index contributed by atoms with van der Waals surface area (Å²) in [5, 5.41) is 3.02. The summed E-state index contributed by atoms with van der Waals surface area (Å²) < 4.78 is 33.4.